The first-order valence-electron chi connectivity index (χ1n) is 3.08. The van der Waals surface area contributed by atoms with E-state index in [9.17, 15) is 4.39 Å². The van der Waals surface area contributed by atoms with E-state index in [-0.39, 0.29) is 0 Å². The van der Waals surface area contributed by atoms with Crippen LogP contribution in [-0.2, 0) is 0 Å². The normalized spacial score (nSPS) is 24.9. The van der Waals surface area contributed by atoms with E-state index in [1.165, 1.54) is 0 Å². The van der Waals surface area contributed by atoms with Crippen molar-refractivity contribution in [2.24, 2.45) is 0 Å². The molecule has 1 fully saturated rings. The lowest BCUT2D eigenvalue weighted by Crippen LogP contribution is -2.37. The average molecular weight is 128 g/mol. The van der Waals surface area contributed by atoms with Gasteiger partial charge in [-0.1, -0.05) is 0 Å². The molecule has 0 unspecified atom stereocenters. The first-order chi connectivity index (χ1) is 4.27. The van der Waals surface area contributed by atoms with E-state index in [0.717, 1.165) is 0 Å². The Morgan fingerprint density at radius 2 is 2.00 bits per heavy atom. The molecule has 3 heteroatoms. The van der Waals surface area contributed by atoms with Gasteiger partial charge in [-0.2, -0.15) is 5.26 Å². The van der Waals surface area contributed by atoms with Crippen LogP contribution in [0.2, 0.25) is 0 Å². The molecule has 1 aliphatic heterocycles. The summed E-state index contributed by atoms with van der Waals surface area (Å²) >= 11 is 0. The summed E-state index contributed by atoms with van der Waals surface area (Å²) < 4.78 is 12.9. The predicted octanol–water partition coefficient (Wildman–Crippen LogP) is 0.602. The number of hydrogen-bond donors (Lipinski definition) is 1. The molecule has 0 amide bonds. The highest BCUT2D eigenvalue weighted by molar-refractivity contribution is 5.02. The molecule has 50 valence electrons. The third kappa shape index (κ3) is 1.39. The second-order valence-corrected chi connectivity index (χ2v) is 2.33. The zero-order valence-electron chi connectivity index (χ0n) is 5.15. The van der Waals surface area contributed by atoms with Gasteiger partial charge in [-0.15, -0.1) is 0 Å². The van der Waals surface area contributed by atoms with Crippen molar-refractivity contribution >= 4 is 0 Å². The quantitative estimate of drug-likeness (QED) is 0.518. The molecule has 0 aromatic heterocycles. The number of nitrogens with one attached hydrogen (secondary N) is 1. The van der Waals surface area contributed by atoms with E-state index in [1.54, 1.807) is 6.07 Å². The second kappa shape index (κ2) is 2.32. The summed E-state index contributed by atoms with van der Waals surface area (Å²) in [6, 6.07) is 1.67. The third-order valence-electron chi connectivity index (χ3n) is 1.60. The molecular formula is C6H9FN2. The molecule has 1 heterocycles. The Bertz CT molecular complexity index is 132. The van der Waals surface area contributed by atoms with Gasteiger partial charge in [-0.05, 0) is 13.1 Å². The van der Waals surface area contributed by atoms with Crippen molar-refractivity contribution in [3.05, 3.63) is 0 Å². The highest BCUT2D eigenvalue weighted by Crippen LogP contribution is 2.21. The second-order valence-electron chi connectivity index (χ2n) is 2.33. The monoisotopic (exact) mass is 128 g/mol. The molecule has 2 nitrogen and oxygen atoms in total. The maximum Gasteiger partial charge on any atom is 0.198 e. The molecule has 1 saturated heterocycles. The van der Waals surface area contributed by atoms with Crippen LogP contribution < -0.4 is 5.32 Å². The fraction of sp³-hybridized carbons (Fsp3) is 0.833. The van der Waals surface area contributed by atoms with Crippen molar-refractivity contribution in [3.63, 3.8) is 0 Å². The summed E-state index contributed by atoms with van der Waals surface area (Å²) in [5.41, 5.74) is -1.54. The number of nitriles is 1. The molecule has 0 aromatic carbocycles. The number of piperidine rings is 1. The van der Waals surface area contributed by atoms with Gasteiger partial charge < -0.3 is 5.32 Å². The molecule has 0 aliphatic carbocycles. The summed E-state index contributed by atoms with van der Waals surface area (Å²) in [6.45, 7) is 1.26. The smallest absolute Gasteiger partial charge is 0.198 e. The van der Waals surface area contributed by atoms with Crippen LogP contribution >= 0.6 is 0 Å². The van der Waals surface area contributed by atoms with Gasteiger partial charge in [0.15, 0.2) is 5.67 Å². The van der Waals surface area contributed by atoms with Crippen molar-refractivity contribution in [1.29, 1.82) is 5.26 Å². The number of alkyl halides is 1. The Morgan fingerprint density at radius 1 is 1.44 bits per heavy atom. The third-order valence-corrected chi connectivity index (χ3v) is 1.60. The van der Waals surface area contributed by atoms with Crippen LogP contribution in [-0.4, -0.2) is 18.8 Å². The number of nitrogens with zero attached hydrogens (tertiary/aromatic N) is 1. The lowest BCUT2D eigenvalue weighted by atomic mass is 9.97. The SMILES string of the molecule is N#CC1(F)CCNCC1. The van der Waals surface area contributed by atoms with Crippen LogP contribution in [0.1, 0.15) is 12.8 Å². The van der Waals surface area contributed by atoms with Gasteiger partial charge in [0, 0.05) is 12.8 Å². The standard InChI is InChI=1S/C6H9FN2/c7-6(5-8)1-3-9-4-2-6/h9H,1-4H2. The Labute approximate surface area is 53.7 Å². The van der Waals surface area contributed by atoms with Crippen LogP contribution in [0.4, 0.5) is 4.39 Å². The minimum absolute atomic E-state index is 0.337. The maximum atomic E-state index is 12.9. The molecule has 1 N–H and O–H groups in total. The fourth-order valence-corrected chi connectivity index (χ4v) is 0.935. The van der Waals surface area contributed by atoms with E-state index in [2.05, 4.69) is 5.32 Å². The Hall–Kier alpha value is -0.620. The fourth-order valence-electron chi connectivity index (χ4n) is 0.935. The molecule has 0 saturated carbocycles. The molecule has 0 aromatic rings. The summed E-state index contributed by atoms with van der Waals surface area (Å²) in [6.07, 6.45) is 0.674. The zero-order valence-corrected chi connectivity index (χ0v) is 5.15. The largest absolute Gasteiger partial charge is 0.316 e. The highest BCUT2D eigenvalue weighted by atomic mass is 19.1. The molecule has 0 bridgehead atoms. The Balaban J connectivity index is 2.49. The molecule has 0 atom stereocenters. The highest BCUT2D eigenvalue weighted by Gasteiger charge is 2.30. The van der Waals surface area contributed by atoms with Crippen LogP contribution in [0.25, 0.3) is 0 Å². The Kier molecular flexibility index (Phi) is 1.68. The topological polar surface area (TPSA) is 35.8 Å². The van der Waals surface area contributed by atoms with Gasteiger partial charge in [0.1, 0.15) is 6.07 Å². The van der Waals surface area contributed by atoms with Crippen molar-refractivity contribution < 1.29 is 4.39 Å². The van der Waals surface area contributed by atoms with E-state index in [1.807, 2.05) is 0 Å². The van der Waals surface area contributed by atoms with Crippen LogP contribution in [0.15, 0.2) is 0 Å². The summed E-state index contributed by atoms with van der Waals surface area (Å²) in [4.78, 5) is 0. The van der Waals surface area contributed by atoms with Gasteiger partial charge in [-0.3, -0.25) is 0 Å². The van der Waals surface area contributed by atoms with Gasteiger partial charge in [0.25, 0.3) is 0 Å². The summed E-state index contributed by atoms with van der Waals surface area (Å²) in [7, 11) is 0. The lowest BCUT2D eigenvalue weighted by Gasteiger charge is -2.22. The van der Waals surface area contributed by atoms with Crippen LogP contribution in [0, 0.1) is 11.3 Å². The minimum Gasteiger partial charge on any atom is -0.316 e. The van der Waals surface area contributed by atoms with E-state index in [0.29, 0.717) is 25.9 Å². The lowest BCUT2D eigenvalue weighted by molar-refractivity contribution is 0.182. The van der Waals surface area contributed by atoms with Crippen molar-refractivity contribution in [1.82, 2.24) is 5.32 Å². The van der Waals surface area contributed by atoms with E-state index < -0.39 is 5.67 Å². The van der Waals surface area contributed by atoms with Crippen molar-refractivity contribution in [2.45, 2.75) is 18.5 Å². The molecule has 1 rings (SSSR count). The van der Waals surface area contributed by atoms with Crippen molar-refractivity contribution in [2.75, 3.05) is 13.1 Å². The molecule has 0 radical (unpaired) electrons. The van der Waals surface area contributed by atoms with Gasteiger partial charge in [-0.25, -0.2) is 4.39 Å². The minimum atomic E-state index is -1.54. The number of hydrogen-bond acceptors (Lipinski definition) is 2. The summed E-state index contributed by atoms with van der Waals surface area (Å²) in [5, 5.41) is 11.3. The van der Waals surface area contributed by atoms with Crippen LogP contribution in [0.5, 0.6) is 0 Å². The predicted molar refractivity (Wildman–Crippen MR) is 31.6 cm³/mol. The first kappa shape index (κ1) is 6.50. The maximum absolute atomic E-state index is 12.9. The first-order valence-corrected chi connectivity index (χ1v) is 3.08. The molecule has 9 heavy (non-hydrogen) atoms. The number of rotatable bonds is 0. The van der Waals surface area contributed by atoms with Gasteiger partial charge >= 0.3 is 0 Å². The molecule has 1 aliphatic rings. The van der Waals surface area contributed by atoms with E-state index in [4.69, 9.17) is 5.26 Å². The summed E-state index contributed by atoms with van der Waals surface area (Å²) in [5.74, 6) is 0. The average Bonchev–Trinajstić information content (AvgIpc) is 1.90. The molecular weight excluding hydrogens is 119 g/mol. The van der Waals surface area contributed by atoms with Crippen LogP contribution in [0.3, 0.4) is 0 Å². The zero-order chi connectivity index (χ0) is 6.74. The van der Waals surface area contributed by atoms with Gasteiger partial charge in [0.2, 0.25) is 0 Å². The molecule has 0 spiro atoms. The van der Waals surface area contributed by atoms with Crippen molar-refractivity contribution in [3.8, 4) is 6.07 Å². The Morgan fingerprint density at radius 3 is 2.33 bits per heavy atom. The van der Waals surface area contributed by atoms with Gasteiger partial charge in [0.05, 0.1) is 0 Å². The van der Waals surface area contributed by atoms with E-state index >= 15 is 0 Å². The number of halogens is 1.